The van der Waals surface area contributed by atoms with E-state index in [1.165, 1.54) is 18.2 Å². The average molecular weight is 295 g/mol. The van der Waals surface area contributed by atoms with Crippen molar-refractivity contribution < 1.29 is 17.9 Å². The highest BCUT2D eigenvalue weighted by molar-refractivity contribution is 7.89. The van der Waals surface area contributed by atoms with E-state index in [9.17, 15) is 12.8 Å². The van der Waals surface area contributed by atoms with Crippen LogP contribution in [0.2, 0.25) is 0 Å². The van der Waals surface area contributed by atoms with Crippen LogP contribution in [0.5, 0.6) is 0 Å². The molecule has 6 heteroatoms. The van der Waals surface area contributed by atoms with Gasteiger partial charge in [0.2, 0.25) is 10.0 Å². The van der Waals surface area contributed by atoms with Gasteiger partial charge in [-0.1, -0.05) is 36.4 Å². The van der Waals surface area contributed by atoms with E-state index in [1.54, 1.807) is 24.3 Å². The van der Waals surface area contributed by atoms with Crippen LogP contribution in [0.15, 0.2) is 53.4 Å². The van der Waals surface area contributed by atoms with Crippen LogP contribution in [0, 0.1) is 5.82 Å². The summed E-state index contributed by atoms with van der Waals surface area (Å²) in [7, 11) is -3.90. The molecule has 0 bridgehead atoms. The number of nitrogens with one attached hydrogen (secondary N) is 1. The van der Waals surface area contributed by atoms with Crippen LogP contribution in [0.4, 0.5) is 4.39 Å². The van der Waals surface area contributed by atoms with Gasteiger partial charge in [-0.15, -0.1) is 0 Å². The maximum atomic E-state index is 13.5. The van der Waals surface area contributed by atoms with E-state index >= 15 is 0 Å². The summed E-state index contributed by atoms with van der Waals surface area (Å²) in [5, 5.41) is 9.02. The number of rotatable bonds is 5. The molecule has 0 spiro atoms. The Kier molecular flexibility index (Phi) is 4.49. The first-order valence-electron chi connectivity index (χ1n) is 5.96. The molecule has 0 atom stereocenters. The van der Waals surface area contributed by atoms with Crippen molar-refractivity contribution in [3.63, 3.8) is 0 Å². The summed E-state index contributed by atoms with van der Waals surface area (Å²) >= 11 is 0. The quantitative estimate of drug-likeness (QED) is 0.884. The van der Waals surface area contributed by atoms with Crippen LogP contribution in [0.25, 0.3) is 0 Å². The monoisotopic (exact) mass is 295 g/mol. The fourth-order valence-electron chi connectivity index (χ4n) is 1.76. The number of halogens is 1. The van der Waals surface area contributed by atoms with Gasteiger partial charge in [-0.2, -0.15) is 0 Å². The number of aliphatic hydroxyl groups excluding tert-OH is 1. The maximum Gasteiger partial charge on any atom is 0.243 e. The molecule has 2 aromatic rings. The number of hydrogen-bond donors (Lipinski definition) is 2. The second-order valence-corrected chi connectivity index (χ2v) is 5.97. The Balaban J connectivity index is 2.15. The molecule has 2 aromatic carbocycles. The SMILES string of the molecule is O=S(=O)(NCc1cccc(CO)c1)c1ccccc1F. The molecule has 0 radical (unpaired) electrons. The molecule has 2 N–H and O–H groups in total. The number of benzene rings is 2. The van der Waals surface area contributed by atoms with E-state index in [0.717, 1.165) is 6.07 Å². The van der Waals surface area contributed by atoms with Gasteiger partial charge < -0.3 is 5.11 Å². The van der Waals surface area contributed by atoms with Gasteiger partial charge in [-0.05, 0) is 23.3 Å². The molecule has 0 aliphatic heterocycles. The normalized spacial score (nSPS) is 11.5. The third-order valence-corrected chi connectivity index (χ3v) is 4.20. The highest BCUT2D eigenvalue weighted by Crippen LogP contribution is 2.14. The lowest BCUT2D eigenvalue weighted by atomic mass is 10.1. The van der Waals surface area contributed by atoms with Gasteiger partial charge in [0.1, 0.15) is 10.7 Å². The Bertz CT molecular complexity index is 701. The summed E-state index contributed by atoms with van der Waals surface area (Å²) in [5.41, 5.74) is 1.38. The van der Waals surface area contributed by atoms with Crippen molar-refractivity contribution in [2.75, 3.05) is 0 Å². The number of aliphatic hydroxyl groups is 1. The third-order valence-electron chi connectivity index (χ3n) is 2.77. The standard InChI is InChI=1S/C14H14FNO3S/c15-13-6-1-2-7-14(13)20(18,19)16-9-11-4-3-5-12(8-11)10-17/h1-8,16-17H,9-10H2. The first-order valence-corrected chi connectivity index (χ1v) is 7.44. The zero-order valence-electron chi connectivity index (χ0n) is 10.6. The summed E-state index contributed by atoms with van der Waals surface area (Å²) < 4.78 is 39.8. The van der Waals surface area contributed by atoms with E-state index in [1.807, 2.05) is 0 Å². The molecule has 2 rings (SSSR count). The molecule has 106 valence electrons. The van der Waals surface area contributed by atoms with Crippen molar-refractivity contribution >= 4 is 10.0 Å². The lowest BCUT2D eigenvalue weighted by Gasteiger charge is -2.08. The fraction of sp³-hybridized carbons (Fsp3) is 0.143. The van der Waals surface area contributed by atoms with Crippen LogP contribution < -0.4 is 4.72 Å². The van der Waals surface area contributed by atoms with E-state index in [4.69, 9.17) is 5.11 Å². The molecule has 0 aliphatic rings. The molecular formula is C14H14FNO3S. The van der Waals surface area contributed by atoms with Gasteiger partial charge in [0.05, 0.1) is 6.61 Å². The van der Waals surface area contributed by atoms with Gasteiger partial charge in [0.25, 0.3) is 0 Å². The summed E-state index contributed by atoms with van der Waals surface area (Å²) in [5.74, 6) is -0.788. The first kappa shape index (κ1) is 14.6. The summed E-state index contributed by atoms with van der Waals surface area (Å²) in [6.07, 6.45) is 0. The zero-order chi connectivity index (χ0) is 14.6. The second-order valence-electron chi connectivity index (χ2n) is 4.23. The minimum Gasteiger partial charge on any atom is -0.392 e. The van der Waals surface area contributed by atoms with Crippen molar-refractivity contribution in [3.05, 3.63) is 65.5 Å². The molecule has 0 saturated heterocycles. The van der Waals surface area contributed by atoms with Crippen molar-refractivity contribution in [2.24, 2.45) is 0 Å². The molecule has 0 aromatic heterocycles. The number of hydrogen-bond acceptors (Lipinski definition) is 3. The summed E-state index contributed by atoms with van der Waals surface area (Å²) in [6, 6.07) is 12.1. The van der Waals surface area contributed by atoms with Crippen molar-refractivity contribution in [1.82, 2.24) is 4.72 Å². The lowest BCUT2D eigenvalue weighted by molar-refractivity contribution is 0.281. The lowest BCUT2D eigenvalue weighted by Crippen LogP contribution is -2.24. The minimum atomic E-state index is -3.90. The highest BCUT2D eigenvalue weighted by Gasteiger charge is 2.17. The van der Waals surface area contributed by atoms with E-state index in [2.05, 4.69) is 4.72 Å². The van der Waals surface area contributed by atoms with Crippen LogP contribution in [-0.2, 0) is 23.2 Å². The van der Waals surface area contributed by atoms with Gasteiger partial charge in [-0.25, -0.2) is 17.5 Å². The van der Waals surface area contributed by atoms with Gasteiger partial charge in [0.15, 0.2) is 0 Å². The Morgan fingerprint density at radius 1 is 1.05 bits per heavy atom. The fourth-order valence-corrected chi connectivity index (χ4v) is 2.85. The Labute approximate surface area is 116 Å². The maximum absolute atomic E-state index is 13.5. The molecule has 0 saturated carbocycles. The summed E-state index contributed by atoms with van der Waals surface area (Å²) in [4.78, 5) is -0.377. The topological polar surface area (TPSA) is 66.4 Å². The van der Waals surface area contributed by atoms with Crippen molar-refractivity contribution in [3.8, 4) is 0 Å². The second kappa shape index (κ2) is 6.13. The highest BCUT2D eigenvalue weighted by atomic mass is 32.2. The predicted molar refractivity (Wildman–Crippen MR) is 72.8 cm³/mol. The molecule has 20 heavy (non-hydrogen) atoms. The molecule has 0 fully saturated rings. The number of sulfonamides is 1. The van der Waals surface area contributed by atoms with Gasteiger partial charge in [-0.3, -0.25) is 0 Å². The molecular weight excluding hydrogens is 281 g/mol. The van der Waals surface area contributed by atoms with Gasteiger partial charge >= 0.3 is 0 Å². The largest absolute Gasteiger partial charge is 0.392 e. The van der Waals surface area contributed by atoms with E-state index in [-0.39, 0.29) is 18.0 Å². The first-order chi connectivity index (χ1) is 9.53. The Morgan fingerprint density at radius 2 is 1.75 bits per heavy atom. The molecule has 4 nitrogen and oxygen atoms in total. The third kappa shape index (κ3) is 3.41. The van der Waals surface area contributed by atoms with Crippen LogP contribution >= 0.6 is 0 Å². The Hall–Kier alpha value is -1.76. The molecule has 0 unspecified atom stereocenters. The molecule has 0 aliphatic carbocycles. The predicted octanol–water partition coefficient (Wildman–Crippen LogP) is 1.80. The summed E-state index contributed by atoms with van der Waals surface area (Å²) in [6.45, 7) is -0.0849. The smallest absolute Gasteiger partial charge is 0.243 e. The average Bonchev–Trinajstić information content (AvgIpc) is 2.46. The van der Waals surface area contributed by atoms with Crippen LogP contribution in [0.3, 0.4) is 0 Å². The van der Waals surface area contributed by atoms with Crippen LogP contribution in [-0.4, -0.2) is 13.5 Å². The molecule has 0 heterocycles. The van der Waals surface area contributed by atoms with E-state index in [0.29, 0.717) is 11.1 Å². The van der Waals surface area contributed by atoms with Crippen LogP contribution in [0.1, 0.15) is 11.1 Å². The molecule has 0 amide bonds. The van der Waals surface area contributed by atoms with E-state index < -0.39 is 15.8 Å². The Morgan fingerprint density at radius 3 is 2.45 bits per heavy atom. The van der Waals surface area contributed by atoms with Crippen molar-refractivity contribution in [2.45, 2.75) is 18.0 Å². The minimum absolute atomic E-state index is 0.0322. The van der Waals surface area contributed by atoms with Crippen molar-refractivity contribution in [1.29, 1.82) is 0 Å². The zero-order valence-corrected chi connectivity index (χ0v) is 11.4. The van der Waals surface area contributed by atoms with Gasteiger partial charge in [0, 0.05) is 6.54 Å².